The summed E-state index contributed by atoms with van der Waals surface area (Å²) in [6.07, 6.45) is 4.38. The van der Waals surface area contributed by atoms with Gasteiger partial charge in [-0.2, -0.15) is 0 Å². The molecule has 1 saturated carbocycles. The molecule has 7 heteroatoms. The van der Waals surface area contributed by atoms with Gasteiger partial charge in [-0.05, 0) is 37.3 Å². The van der Waals surface area contributed by atoms with Crippen LogP contribution in [0.4, 0.5) is 4.39 Å². The van der Waals surface area contributed by atoms with Crippen LogP contribution in [-0.2, 0) is 4.74 Å². The minimum atomic E-state index is -0.562. The number of hydrogen-bond acceptors (Lipinski definition) is 4. The summed E-state index contributed by atoms with van der Waals surface area (Å²) < 4.78 is 21.4. The first-order chi connectivity index (χ1) is 12.1. The molecule has 0 spiro atoms. The first-order valence-corrected chi connectivity index (χ1v) is 8.49. The Morgan fingerprint density at radius 3 is 2.88 bits per heavy atom. The van der Waals surface area contributed by atoms with Gasteiger partial charge in [0.15, 0.2) is 5.69 Å². The second-order valence-electron chi connectivity index (χ2n) is 6.83. The number of aromatic nitrogens is 2. The number of imidazole rings is 1. The first kappa shape index (κ1) is 14.6. The van der Waals surface area contributed by atoms with Crippen LogP contribution in [0.1, 0.15) is 51.8 Å². The number of hydrogen-bond donors (Lipinski definition) is 0. The topological polar surface area (TPSA) is 64.4 Å². The minimum absolute atomic E-state index is 0.0289. The Hall–Kier alpha value is -2.70. The molecule has 2 aliphatic heterocycles. The van der Waals surface area contributed by atoms with Crippen molar-refractivity contribution in [2.24, 2.45) is 5.92 Å². The third-order valence-corrected chi connectivity index (χ3v) is 5.21. The van der Waals surface area contributed by atoms with Gasteiger partial charge in [0.1, 0.15) is 12.1 Å². The lowest BCUT2D eigenvalue weighted by atomic mass is 9.97. The predicted octanol–water partition coefficient (Wildman–Crippen LogP) is 2.48. The summed E-state index contributed by atoms with van der Waals surface area (Å²) in [4.78, 5) is 31.0. The number of amides is 1. The first-order valence-electron chi connectivity index (χ1n) is 8.49. The monoisotopic (exact) mass is 341 g/mol. The van der Waals surface area contributed by atoms with Gasteiger partial charge < -0.3 is 9.64 Å². The molecule has 6 nitrogen and oxygen atoms in total. The average Bonchev–Trinajstić information content (AvgIpc) is 3.30. The van der Waals surface area contributed by atoms with Crippen molar-refractivity contribution in [3.63, 3.8) is 0 Å². The highest BCUT2D eigenvalue weighted by Crippen LogP contribution is 2.41. The molecular formula is C18H16FN3O3. The number of carbonyl (C=O) groups excluding carboxylic acids is 2. The summed E-state index contributed by atoms with van der Waals surface area (Å²) in [5, 5.41) is 0. The smallest absolute Gasteiger partial charge is 0.358 e. The van der Waals surface area contributed by atoms with E-state index in [1.807, 2.05) is 0 Å². The lowest BCUT2D eigenvalue weighted by molar-refractivity contribution is 0.0412. The molecule has 128 valence electrons. The van der Waals surface area contributed by atoms with Gasteiger partial charge in [-0.25, -0.2) is 14.2 Å². The van der Waals surface area contributed by atoms with Gasteiger partial charge in [0.2, 0.25) is 0 Å². The molecule has 1 aliphatic carbocycles. The second kappa shape index (κ2) is 5.15. The number of esters is 1. The standard InChI is InChI=1S/C18H16FN3O3/c19-11-2-1-3-12-14(11)17(23)21-7-6-13(21)16-15(20-9-22(12)16)18(24)25-8-10-4-5-10/h1-3,9-10,13H,4-8H2/t13-/m0/s1. The minimum Gasteiger partial charge on any atom is -0.461 e. The van der Waals surface area contributed by atoms with Crippen LogP contribution in [0.2, 0.25) is 0 Å². The predicted molar refractivity (Wildman–Crippen MR) is 84.9 cm³/mol. The van der Waals surface area contributed by atoms with E-state index in [-0.39, 0.29) is 23.2 Å². The van der Waals surface area contributed by atoms with E-state index < -0.39 is 11.8 Å². The Labute approximate surface area is 143 Å². The van der Waals surface area contributed by atoms with E-state index in [1.54, 1.807) is 21.6 Å². The maximum Gasteiger partial charge on any atom is 0.358 e. The van der Waals surface area contributed by atoms with Crippen molar-refractivity contribution in [1.29, 1.82) is 0 Å². The van der Waals surface area contributed by atoms with Gasteiger partial charge in [-0.3, -0.25) is 9.36 Å². The number of fused-ring (bicyclic) bond motifs is 5. The number of benzene rings is 1. The summed E-state index contributed by atoms with van der Waals surface area (Å²) >= 11 is 0. The fourth-order valence-electron chi connectivity index (χ4n) is 3.56. The number of nitrogens with zero attached hydrogens (tertiary/aromatic N) is 3. The molecule has 3 aliphatic rings. The molecule has 0 N–H and O–H groups in total. The number of carbonyl (C=O) groups is 2. The zero-order valence-corrected chi connectivity index (χ0v) is 13.4. The molecule has 3 heterocycles. The van der Waals surface area contributed by atoms with Crippen LogP contribution in [0.5, 0.6) is 0 Å². The van der Waals surface area contributed by atoms with Crippen molar-refractivity contribution in [2.45, 2.75) is 25.3 Å². The Morgan fingerprint density at radius 1 is 1.32 bits per heavy atom. The van der Waals surface area contributed by atoms with Crippen LogP contribution in [0.25, 0.3) is 5.69 Å². The SMILES string of the molecule is O=C(OCC1CC1)c1ncn2c1[C@@H]1CCN1C(=O)c1c(F)cccc1-2. The molecule has 25 heavy (non-hydrogen) atoms. The van der Waals surface area contributed by atoms with Crippen molar-refractivity contribution in [1.82, 2.24) is 14.5 Å². The molecule has 2 fully saturated rings. The summed E-state index contributed by atoms with van der Waals surface area (Å²) in [5.41, 5.74) is 1.29. The molecule has 1 saturated heterocycles. The van der Waals surface area contributed by atoms with Crippen LogP contribution in [0.15, 0.2) is 24.5 Å². The van der Waals surface area contributed by atoms with Gasteiger partial charge >= 0.3 is 5.97 Å². The van der Waals surface area contributed by atoms with Gasteiger partial charge in [-0.15, -0.1) is 0 Å². The third-order valence-electron chi connectivity index (χ3n) is 5.21. The van der Waals surface area contributed by atoms with Crippen molar-refractivity contribution < 1.29 is 18.7 Å². The van der Waals surface area contributed by atoms with Crippen molar-refractivity contribution in [2.75, 3.05) is 13.2 Å². The number of halogens is 1. The van der Waals surface area contributed by atoms with Crippen molar-refractivity contribution in [3.05, 3.63) is 47.3 Å². The van der Waals surface area contributed by atoms with E-state index >= 15 is 0 Å². The number of ether oxygens (including phenoxy) is 1. The average molecular weight is 341 g/mol. The van der Waals surface area contributed by atoms with Crippen LogP contribution in [0, 0.1) is 11.7 Å². The largest absolute Gasteiger partial charge is 0.461 e. The van der Waals surface area contributed by atoms with E-state index in [2.05, 4.69) is 4.98 Å². The Kier molecular flexibility index (Phi) is 3.01. The Morgan fingerprint density at radius 2 is 2.16 bits per heavy atom. The zero-order chi connectivity index (χ0) is 17.1. The normalized spacial score (nSPS) is 20.9. The van der Waals surface area contributed by atoms with Crippen LogP contribution >= 0.6 is 0 Å². The number of rotatable bonds is 3. The Bertz CT molecular complexity index is 903. The van der Waals surface area contributed by atoms with Gasteiger partial charge in [0.05, 0.1) is 29.6 Å². The maximum absolute atomic E-state index is 14.3. The van der Waals surface area contributed by atoms with E-state index in [4.69, 9.17) is 4.74 Å². The van der Waals surface area contributed by atoms with Gasteiger partial charge in [0.25, 0.3) is 5.91 Å². The summed E-state index contributed by atoms with van der Waals surface area (Å²) in [6.45, 7) is 0.947. The van der Waals surface area contributed by atoms with Gasteiger partial charge in [-0.1, -0.05) is 6.07 Å². The molecule has 1 aromatic heterocycles. The summed E-state index contributed by atoms with van der Waals surface area (Å²) in [7, 11) is 0. The fourth-order valence-corrected chi connectivity index (χ4v) is 3.56. The molecule has 0 radical (unpaired) electrons. The Balaban J connectivity index is 1.62. The van der Waals surface area contributed by atoms with E-state index in [0.29, 0.717) is 30.5 Å². The third kappa shape index (κ3) is 2.11. The molecule has 1 atom stereocenters. The molecule has 0 bridgehead atoms. The van der Waals surface area contributed by atoms with E-state index in [9.17, 15) is 14.0 Å². The van der Waals surface area contributed by atoms with E-state index in [1.165, 1.54) is 12.4 Å². The lowest BCUT2D eigenvalue weighted by Gasteiger charge is -2.39. The molecule has 1 aromatic carbocycles. The summed E-state index contributed by atoms with van der Waals surface area (Å²) in [6, 6.07) is 4.23. The second-order valence-corrected chi connectivity index (χ2v) is 6.83. The highest BCUT2D eigenvalue weighted by atomic mass is 19.1. The summed E-state index contributed by atoms with van der Waals surface area (Å²) in [5.74, 6) is -0.917. The molecular weight excluding hydrogens is 325 g/mol. The van der Waals surface area contributed by atoms with Crippen LogP contribution in [-0.4, -0.2) is 39.5 Å². The lowest BCUT2D eigenvalue weighted by Crippen LogP contribution is -2.45. The van der Waals surface area contributed by atoms with Crippen LogP contribution in [0.3, 0.4) is 0 Å². The molecule has 0 unspecified atom stereocenters. The zero-order valence-electron chi connectivity index (χ0n) is 13.4. The van der Waals surface area contributed by atoms with E-state index in [0.717, 1.165) is 19.3 Å². The fraction of sp³-hybridized carbons (Fsp3) is 0.389. The maximum atomic E-state index is 14.3. The quantitative estimate of drug-likeness (QED) is 0.805. The molecule has 5 rings (SSSR count). The molecule has 1 amide bonds. The van der Waals surface area contributed by atoms with Gasteiger partial charge in [0, 0.05) is 6.54 Å². The highest BCUT2D eigenvalue weighted by molar-refractivity contribution is 6.00. The van der Waals surface area contributed by atoms with Crippen molar-refractivity contribution >= 4 is 11.9 Å². The highest BCUT2D eigenvalue weighted by Gasteiger charge is 2.43. The van der Waals surface area contributed by atoms with Crippen molar-refractivity contribution in [3.8, 4) is 5.69 Å². The van der Waals surface area contributed by atoms with Crippen LogP contribution < -0.4 is 0 Å². The molecule has 2 aromatic rings.